The van der Waals surface area contributed by atoms with Gasteiger partial charge in [0, 0.05) is 0 Å². The fourth-order valence-corrected chi connectivity index (χ4v) is 2.53. The quantitative estimate of drug-likeness (QED) is 0.799. The minimum Gasteiger partial charge on any atom is -0.465 e. The van der Waals surface area contributed by atoms with E-state index in [9.17, 15) is 0 Å². The normalized spacial score (nSPS) is 10.6. The van der Waals surface area contributed by atoms with E-state index < -0.39 is 0 Å². The molecule has 21 heavy (non-hydrogen) atoms. The molecule has 0 amide bonds. The summed E-state index contributed by atoms with van der Waals surface area (Å²) in [6.07, 6.45) is 1.63. The molecule has 2 aromatic heterocycles. The number of furan rings is 1. The van der Waals surface area contributed by atoms with E-state index in [2.05, 4.69) is 22.4 Å². The first-order valence-electron chi connectivity index (χ1n) is 7.04. The van der Waals surface area contributed by atoms with Crippen molar-refractivity contribution >= 4 is 23.0 Å². The minimum absolute atomic E-state index is 0.342. The van der Waals surface area contributed by atoms with Gasteiger partial charge < -0.3 is 15.5 Å². The van der Waals surface area contributed by atoms with Gasteiger partial charge in [-0.1, -0.05) is 26.1 Å². The van der Waals surface area contributed by atoms with Gasteiger partial charge in [-0.15, -0.1) is 5.10 Å². The molecule has 0 fully saturated rings. The number of nitrogens with one attached hydrogen (secondary N) is 1. The van der Waals surface area contributed by atoms with Crippen molar-refractivity contribution in [2.24, 2.45) is 5.73 Å². The van der Waals surface area contributed by atoms with Gasteiger partial charge in [-0.3, -0.25) is 0 Å². The fraction of sp³-hybridized carbons (Fsp3) is 0.400. The highest BCUT2D eigenvalue weighted by atomic mass is 32.1. The number of thiocarbonyl (C=S) groups is 1. The van der Waals surface area contributed by atoms with Gasteiger partial charge >= 0.3 is 0 Å². The average Bonchev–Trinajstić information content (AvgIpc) is 2.89. The molecule has 2 aromatic rings. The lowest BCUT2D eigenvalue weighted by atomic mass is 10.0. The van der Waals surface area contributed by atoms with Crippen LogP contribution in [0, 0.1) is 6.92 Å². The first-order chi connectivity index (χ1) is 10.1. The van der Waals surface area contributed by atoms with Crippen LogP contribution in [0.2, 0.25) is 0 Å². The largest absolute Gasteiger partial charge is 0.465 e. The maximum Gasteiger partial charge on any atom is 0.159 e. The van der Waals surface area contributed by atoms with Gasteiger partial charge in [0.25, 0.3) is 0 Å². The third kappa shape index (κ3) is 3.39. The average molecular weight is 304 g/mol. The predicted octanol–water partition coefficient (Wildman–Crippen LogP) is 2.75. The van der Waals surface area contributed by atoms with Crippen molar-refractivity contribution in [1.29, 1.82) is 0 Å². The van der Waals surface area contributed by atoms with Crippen LogP contribution >= 0.6 is 12.2 Å². The molecule has 5 nitrogen and oxygen atoms in total. The summed E-state index contributed by atoms with van der Waals surface area (Å²) < 4.78 is 5.53. The Balaban J connectivity index is 2.32. The standard InChI is InChI=1S/C15H20N4OS/c1-4-11-12(5-2)18-19-15(13(11)14(16)21)17-8-10-7-6-9(3)20-10/h6-7H,4-5,8H2,1-3H3,(H2,16,21)(H,17,19). The van der Waals surface area contributed by atoms with Crippen LogP contribution in [0.1, 0.15) is 42.2 Å². The highest BCUT2D eigenvalue weighted by molar-refractivity contribution is 7.80. The Kier molecular flexibility index (Phi) is 4.90. The molecule has 2 rings (SSSR count). The van der Waals surface area contributed by atoms with Crippen LogP contribution in [0.15, 0.2) is 16.5 Å². The van der Waals surface area contributed by atoms with Crippen molar-refractivity contribution in [2.75, 3.05) is 5.32 Å². The highest BCUT2D eigenvalue weighted by Gasteiger charge is 2.16. The molecule has 0 radical (unpaired) electrons. The smallest absolute Gasteiger partial charge is 0.159 e. The lowest BCUT2D eigenvalue weighted by Gasteiger charge is -2.15. The van der Waals surface area contributed by atoms with E-state index in [1.807, 2.05) is 26.0 Å². The van der Waals surface area contributed by atoms with E-state index in [4.69, 9.17) is 22.4 Å². The number of nitrogens with two attached hydrogens (primary N) is 1. The van der Waals surface area contributed by atoms with E-state index in [1.54, 1.807) is 0 Å². The molecular weight excluding hydrogens is 284 g/mol. The lowest BCUT2D eigenvalue weighted by molar-refractivity contribution is 0.490. The Morgan fingerprint density at radius 1 is 1.29 bits per heavy atom. The molecule has 0 aliphatic carbocycles. The fourth-order valence-electron chi connectivity index (χ4n) is 2.31. The third-order valence-corrected chi connectivity index (χ3v) is 3.52. The molecule has 0 unspecified atom stereocenters. The number of hydrogen-bond acceptors (Lipinski definition) is 5. The summed E-state index contributed by atoms with van der Waals surface area (Å²) in [4.78, 5) is 0.342. The van der Waals surface area contributed by atoms with Crippen molar-refractivity contribution in [1.82, 2.24) is 10.2 Å². The van der Waals surface area contributed by atoms with E-state index in [-0.39, 0.29) is 0 Å². The summed E-state index contributed by atoms with van der Waals surface area (Å²) >= 11 is 5.19. The summed E-state index contributed by atoms with van der Waals surface area (Å²) in [5.74, 6) is 2.33. The molecule has 0 aliphatic heterocycles. The van der Waals surface area contributed by atoms with Gasteiger partial charge in [0.05, 0.1) is 17.8 Å². The molecule has 6 heteroatoms. The summed E-state index contributed by atoms with van der Waals surface area (Å²) in [7, 11) is 0. The Bertz CT molecular complexity index is 651. The topological polar surface area (TPSA) is 77.0 Å². The molecule has 0 atom stereocenters. The number of aryl methyl sites for hydroxylation is 2. The van der Waals surface area contributed by atoms with Gasteiger partial charge in [-0.2, -0.15) is 5.10 Å². The second kappa shape index (κ2) is 6.67. The first kappa shape index (κ1) is 15.4. The van der Waals surface area contributed by atoms with Crippen molar-refractivity contribution in [3.8, 4) is 0 Å². The van der Waals surface area contributed by atoms with Crippen LogP contribution in [0.25, 0.3) is 0 Å². The van der Waals surface area contributed by atoms with Crippen LogP contribution in [0.4, 0.5) is 5.82 Å². The summed E-state index contributed by atoms with van der Waals surface area (Å²) in [6, 6.07) is 3.85. The summed E-state index contributed by atoms with van der Waals surface area (Å²) in [5.41, 5.74) is 8.69. The number of nitrogens with zero attached hydrogens (tertiary/aromatic N) is 2. The van der Waals surface area contributed by atoms with Crippen molar-refractivity contribution in [2.45, 2.75) is 40.2 Å². The second-order valence-corrected chi connectivity index (χ2v) is 5.23. The van der Waals surface area contributed by atoms with E-state index in [0.717, 1.165) is 41.2 Å². The molecule has 0 aromatic carbocycles. The van der Waals surface area contributed by atoms with E-state index in [1.165, 1.54) is 0 Å². The Morgan fingerprint density at radius 2 is 2.05 bits per heavy atom. The molecule has 112 valence electrons. The van der Waals surface area contributed by atoms with Gasteiger partial charge in [0.2, 0.25) is 0 Å². The first-order valence-corrected chi connectivity index (χ1v) is 7.45. The van der Waals surface area contributed by atoms with Crippen molar-refractivity contribution in [3.05, 3.63) is 40.5 Å². The third-order valence-electron chi connectivity index (χ3n) is 3.32. The molecular formula is C15H20N4OS. The number of aromatic nitrogens is 2. The van der Waals surface area contributed by atoms with Gasteiger partial charge in [0.1, 0.15) is 16.5 Å². The maximum atomic E-state index is 5.89. The number of anilines is 1. The molecule has 0 spiro atoms. The summed E-state index contributed by atoms with van der Waals surface area (Å²) in [5, 5.41) is 11.7. The molecule has 2 heterocycles. The summed E-state index contributed by atoms with van der Waals surface area (Å²) in [6.45, 7) is 6.55. The van der Waals surface area contributed by atoms with Crippen LogP contribution < -0.4 is 11.1 Å². The highest BCUT2D eigenvalue weighted by Crippen LogP contribution is 2.21. The van der Waals surface area contributed by atoms with Crippen LogP contribution in [-0.4, -0.2) is 15.2 Å². The van der Waals surface area contributed by atoms with Gasteiger partial charge in [-0.25, -0.2) is 0 Å². The molecule has 0 saturated heterocycles. The second-order valence-electron chi connectivity index (χ2n) is 4.79. The zero-order chi connectivity index (χ0) is 15.4. The number of hydrogen-bond donors (Lipinski definition) is 2. The Hall–Kier alpha value is -1.95. The maximum absolute atomic E-state index is 5.89. The molecule has 3 N–H and O–H groups in total. The SMILES string of the molecule is CCc1nnc(NCc2ccc(C)o2)c(C(N)=S)c1CC. The van der Waals surface area contributed by atoms with Gasteiger partial charge in [-0.05, 0) is 37.5 Å². The van der Waals surface area contributed by atoms with Crippen LogP contribution in [0.5, 0.6) is 0 Å². The van der Waals surface area contributed by atoms with E-state index in [0.29, 0.717) is 17.4 Å². The van der Waals surface area contributed by atoms with E-state index >= 15 is 0 Å². The monoisotopic (exact) mass is 304 g/mol. The Labute approximate surface area is 129 Å². The molecule has 0 bridgehead atoms. The van der Waals surface area contributed by atoms with Crippen molar-refractivity contribution in [3.63, 3.8) is 0 Å². The minimum atomic E-state index is 0.342. The van der Waals surface area contributed by atoms with Crippen LogP contribution in [0.3, 0.4) is 0 Å². The van der Waals surface area contributed by atoms with Gasteiger partial charge in [0.15, 0.2) is 5.82 Å². The van der Waals surface area contributed by atoms with Crippen LogP contribution in [-0.2, 0) is 19.4 Å². The molecule has 0 saturated carbocycles. The Morgan fingerprint density at radius 3 is 2.57 bits per heavy atom. The predicted molar refractivity (Wildman–Crippen MR) is 87.4 cm³/mol. The van der Waals surface area contributed by atoms with Crippen molar-refractivity contribution < 1.29 is 4.42 Å². The lowest BCUT2D eigenvalue weighted by Crippen LogP contribution is -2.19. The zero-order valence-electron chi connectivity index (χ0n) is 12.6. The molecule has 0 aliphatic rings. The number of rotatable bonds is 6. The zero-order valence-corrected chi connectivity index (χ0v) is 13.4.